The van der Waals surface area contributed by atoms with Crippen LogP contribution in [0, 0.1) is 28.1 Å². The van der Waals surface area contributed by atoms with Crippen LogP contribution < -0.4 is 0 Å². The van der Waals surface area contributed by atoms with E-state index >= 15 is 0 Å². The summed E-state index contributed by atoms with van der Waals surface area (Å²) >= 11 is 0. The predicted octanol–water partition coefficient (Wildman–Crippen LogP) is 3.47. The Morgan fingerprint density at radius 3 is 1.93 bits per heavy atom. The Balaban J connectivity index is 2.34. The summed E-state index contributed by atoms with van der Waals surface area (Å²) < 4.78 is 0. The zero-order chi connectivity index (χ0) is 11.6. The van der Waals surface area contributed by atoms with Gasteiger partial charge in [0.05, 0.1) is 6.10 Å². The van der Waals surface area contributed by atoms with Crippen molar-refractivity contribution in [2.75, 3.05) is 0 Å². The SMILES string of the molecule is CC(C)(C)C1C[C@]2(C)C[C@@H]1C(C)(C)[C@H]2O. The van der Waals surface area contributed by atoms with Gasteiger partial charge >= 0.3 is 0 Å². The lowest BCUT2D eigenvalue weighted by Crippen LogP contribution is -2.46. The van der Waals surface area contributed by atoms with Crippen LogP contribution in [0.25, 0.3) is 0 Å². The summed E-state index contributed by atoms with van der Waals surface area (Å²) in [5.74, 6) is 1.48. The molecule has 15 heavy (non-hydrogen) atoms. The van der Waals surface area contributed by atoms with Gasteiger partial charge in [0.1, 0.15) is 0 Å². The molecule has 0 radical (unpaired) electrons. The van der Waals surface area contributed by atoms with Crippen molar-refractivity contribution in [1.82, 2.24) is 0 Å². The van der Waals surface area contributed by atoms with Crippen LogP contribution in [0.5, 0.6) is 0 Å². The van der Waals surface area contributed by atoms with E-state index in [1.54, 1.807) is 0 Å². The first-order valence-electron chi connectivity index (χ1n) is 6.27. The molecule has 2 saturated carbocycles. The van der Waals surface area contributed by atoms with E-state index in [9.17, 15) is 5.11 Å². The second kappa shape index (κ2) is 2.80. The second-order valence-electron chi connectivity index (χ2n) is 7.87. The van der Waals surface area contributed by atoms with Crippen molar-refractivity contribution in [3.8, 4) is 0 Å². The van der Waals surface area contributed by atoms with Gasteiger partial charge in [-0.2, -0.15) is 0 Å². The Morgan fingerprint density at radius 1 is 1.07 bits per heavy atom. The van der Waals surface area contributed by atoms with Crippen molar-refractivity contribution < 1.29 is 5.11 Å². The summed E-state index contributed by atoms with van der Waals surface area (Å²) in [4.78, 5) is 0. The number of hydrogen-bond acceptors (Lipinski definition) is 1. The number of aliphatic hydroxyl groups excluding tert-OH is 1. The first kappa shape index (κ1) is 11.4. The summed E-state index contributed by atoms with van der Waals surface area (Å²) in [6.07, 6.45) is 2.34. The van der Waals surface area contributed by atoms with Gasteiger partial charge in [0.2, 0.25) is 0 Å². The highest BCUT2D eigenvalue weighted by Crippen LogP contribution is 2.67. The van der Waals surface area contributed by atoms with Gasteiger partial charge in [0.25, 0.3) is 0 Å². The Bertz CT molecular complexity index is 269. The van der Waals surface area contributed by atoms with Gasteiger partial charge in [-0.1, -0.05) is 41.5 Å². The summed E-state index contributed by atoms with van der Waals surface area (Å²) in [6, 6.07) is 0. The van der Waals surface area contributed by atoms with Crippen LogP contribution in [0.3, 0.4) is 0 Å². The van der Waals surface area contributed by atoms with Gasteiger partial charge < -0.3 is 5.11 Å². The average molecular weight is 210 g/mol. The molecule has 1 N–H and O–H groups in total. The van der Waals surface area contributed by atoms with Crippen LogP contribution in [0.1, 0.15) is 54.4 Å². The minimum Gasteiger partial charge on any atom is -0.392 e. The molecular formula is C14H26O. The van der Waals surface area contributed by atoms with Crippen molar-refractivity contribution in [1.29, 1.82) is 0 Å². The van der Waals surface area contributed by atoms with Crippen LogP contribution in [0.4, 0.5) is 0 Å². The standard InChI is InChI=1S/C14H26O/c1-12(2,3)9-7-14(6)8-10(9)13(4,5)11(14)15/h9-11,15H,7-8H2,1-6H3/t9?,10-,11+,14+/m0/s1. The van der Waals surface area contributed by atoms with E-state index in [-0.39, 0.29) is 16.9 Å². The molecule has 0 aromatic heterocycles. The highest BCUT2D eigenvalue weighted by molar-refractivity contribution is 5.13. The second-order valence-corrected chi connectivity index (χ2v) is 7.87. The molecule has 1 heteroatoms. The van der Waals surface area contributed by atoms with Gasteiger partial charge in [-0.3, -0.25) is 0 Å². The van der Waals surface area contributed by atoms with Crippen LogP contribution in [0.15, 0.2) is 0 Å². The van der Waals surface area contributed by atoms with Crippen molar-refractivity contribution in [2.45, 2.75) is 60.5 Å². The molecule has 1 nitrogen and oxygen atoms in total. The molecular weight excluding hydrogens is 184 g/mol. The summed E-state index contributed by atoms with van der Waals surface area (Å²) in [6.45, 7) is 13.8. The molecule has 1 unspecified atom stereocenters. The van der Waals surface area contributed by atoms with Gasteiger partial charge in [-0.15, -0.1) is 0 Å². The van der Waals surface area contributed by atoms with E-state index in [1.165, 1.54) is 12.8 Å². The first-order valence-corrected chi connectivity index (χ1v) is 6.27. The Kier molecular flexibility index (Phi) is 2.13. The quantitative estimate of drug-likeness (QED) is 0.649. The van der Waals surface area contributed by atoms with E-state index in [1.807, 2.05) is 0 Å². The molecule has 0 amide bonds. The molecule has 4 atom stereocenters. The zero-order valence-electron chi connectivity index (χ0n) is 11.1. The lowest BCUT2D eigenvalue weighted by atomic mass is 9.60. The highest BCUT2D eigenvalue weighted by atomic mass is 16.3. The minimum atomic E-state index is -0.103. The number of fused-ring (bicyclic) bond motifs is 2. The molecule has 0 aliphatic heterocycles. The summed E-state index contributed by atoms with van der Waals surface area (Å²) in [7, 11) is 0. The normalized spacial score (nSPS) is 48.6. The highest BCUT2D eigenvalue weighted by Gasteiger charge is 2.64. The third-order valence-electron chi connectivity index (χ3n) is 5.29. The summed E-state index contributed by atoms with van der Waals surface area (Å²) in [5.41, 5.74) is 0.691. The predicted molar refractivity (Wildman–Crippen MR) is 63.6 cm³/mol. The topological polar surface area (TPSA) is 20.2 Å². The fourth-order valence-electron chi connectivity index (χ4n) is 4.39. The zero-order valence-corrected chi connectivity index (χ0v) is 11.1. The van der Waals surface area contributed by atoms with Crippen LogP contribution in [0.2, 0.25) is 0 Å². The molecule has 2 bridgehead atoms. The maximum absolute atomic E-state index is 10.4. The van der Waals surface area contributed by atoms with Crippen molar-refractivity contribution >= 4 is 0 Å². The lowest BCUT2D eigenvalue weighted by molar-refractivity contribution is -0.0725. The van der Waals surface area contributed by atoms with Crippen molar-refractivity contribution in [3.05, 3.63) is 0 Å². The largest absolute Gasteiger partial charge is 0.392 e. The maximum Gasteiger partial charge on any atom is 0.0647 e. The Labute approximate surface area is 94.3 Å². The van der Waals surface area contributed by atoms with Gasteiger partial charge in [-0.05, 0) is 40.9 Å². The monoisotopic (exact) mass is 210 g/mol. The summed E-state index contributed by atoms with van der Waals surface area (Å²) in [5, 5.41) is 10.4. The number of rotatable bonds is 0. The first-order chi connectivity index (χ1) is 6.59. The van der Waals surface area contributed by atoms with Crippen LogP contribution in [-0.4, -0.2) is 11.2 Å². The minimum absolute atomic E-state index is 0.103. The fourth-order valence-corrected chi connectivity index (χ4v) is 4.39. The molecule has 0 saturated heterocycles. The van der Waals surface area contributed by atoms with Gasteiger partial charge in [0.15, 0.2) is 0 Å². The molecule has 0 aromatic rings. The van der Waals surface area contributed by atoms with Crippen LogP contribution >= 0.6 is 0 Å². The van der Waals surface area contributed by atoms with Gasteiger partial charge in [-0.25, -0.2) is 0 Å². The smallest absolute Gasteiger partial charge is 0.0647 e. The van der Waals surface area contributed by atoms with Crippen LogP contribution in [-0.2, 0) is 0 Å². The van der Waals surface area contributed by atoms with Gasteiger partial charge in [0, 0.05) is 0 Å². The average Bonchev–Trinajstić information content (AvgIpc) is 2.48. The molecule has 2 fully saturated rings. The molecule has 0 heterocycles. The van der Waals surface area contributed by atoms with Crippen molar-refractivity contribution in [3.63, 3.8) is 0 Å². The van der Waals surface area contributed by atoms with E-state index in [2.05, 4.69) is 41.5 Å². The van der Waals surface area contributed by atoms with E-state index in [4.69, 9.17) is 0 Å². The molecule has 2 aliphatic rings. The third kappa shape index (κ3) is 1.39. The lowest BCUT2D eigenvalue weighted by Gasteiger charge is -2.47. The van der Waals surface area contributed by atoms with E-state index in [0.29, 0.717) is 11.3 Å². The third-order valence-corrected chi connectivity index (χ3v) is 5.29. The number of hydrogen-bond donors (Lipinski definition) is 1. The fraction of sp³-hybridized carbons (Fsp3) is 1.00. The molecule has 2 rings (SSSR count). The number of aliphatic hydroxyl groups is 1. The Morgan fingerprint density at radius 2 is 1.60 bits per heavy atom. The molecule has 0 spiro atoms. The van der Waals surface area contributed by atoms with E-state index < -0.39 is 0 Å². The van der Waals surface area contributed by atoms with E-state index in [0.717, 1.165) is 5.92 Å². The molecule has 0 aromatic carbocycles. The maximum atomic E-state index is 10.4. The molecule has 88 valence electrons. The Hall–Kier alpha value is -0.0400. The molecule has 2 aliphatic carbocycles. The van der Waals surface area contributed by atoms with Crippen molar-refractivity contribution in [2.24, 2.45) is 28.1 Å².